The molecule has 150 valence electrons. The van der Waals surface area contributed by atoms with Crippen LogP contribution in [-0.2, 0) is 20.7 Å². The van der Waals surface area contributed by atoms with Gasteiger partial charge in [0.25, 0.3) is 0 Å². The van der Waals surface area contributed by atoms with Gasteiger partial charge in [0, 0.05) is 37.2 Å². The lowest BCUT2D eigenvalue weighted by atomic mass is 9.82. The fourth-order valence-electron chi connectivity index (χ4n) is 3.91. The molecule has 1 aromatic rings. The molecule has 0 saturated carbocycles. The number of piperidine rings is 1. The Morgan fingerprint density at radius 1 is 1.33 bits per heavy atom. The number of esters is 1. The molecule has 0 bridgehead atoms. The first-order valence-corrected chi connectivity index (χ1v) is 9.28. The van der Waals surface area contributed by atoms with Gasteiger partial charge in [-0.1, -0.05) is 0 Å². The molecule has 1 aromatic heterocycles. The van der Waals surface area contributed by atoms with Gasteiger partial charge in [-0.15, -0.1) is 0 Å². The summed E-state index contributed by atoms with van der Waals surface area (Å²) in [5, 5.41) is 19.7. The highest BCUT2D eigenvalue weighted by molar-refractivity contribution is 5.70. The van der Waals surface area contributed by atoms with E-state index in [0.29, 0.717) is 25.9 Å². The number of nitrogen functional groups attached to an aromatic ring is 1. The zero-order valence-electron chi connectivity index (χ0n) is 15.8. The normalized spacial score (nSPS) is 24.8. The van der Waals surface area contributed by atoms with Crippen LogP contribution in [0.1, 0.15) is 36.9 Å². The molecule has 3 rings (SSSR count). The van der Waals surface area contributed by atoms with Crippen molar-refractivity contribution in [2.24, 2.45) is 0 Å². The van der Waals surface area contributed by atoms with Crippen LogP contribution in [0.2, 0.25) is 0 Å². The van der Waals surface area contributed by atoms with E-state index < -0.39 is 17.8 Å². The molecule has 0 aromatic carbocycles. The molecule has 0 unspecified atom stereocenters. The summed E-state index contributed by atoms with van der Waals surface area (Å²) >= 11 is 0. The first-order chi connectivity index (χ1) is 12.8. The van der Waals surface area contributed by atoms with E-state index in [1.165, 1.54) is 7.11 Å². The number of aryl methyl sites for hydroxylation is 1. The highest BCUT2D eigenvalue weighted by atomic mass is 16.5. The smallest absolute Gasteiger partial charge is 0.305 e. The van der Waals surface area contributed by atoms with E-state index >= 15 is 0 Å². The molecule has 9 heteroatoms. The van der Waals surface area contributed by atoms with Gasteiger partial charge >= 0.3 is 5.97 Å². The van der Waals surface area contributed by atoms with E-state index in [9.17, 15) is 15.0 Å². The Balaban J connectivity index is 1.74. The molecule has 9 nitrogen and oxygen atoms in total. The first-order valence-electron chi connectivity index (χ1n) is 9.28. The second-order valence-electron chi connectivity index (χ2n) is 7.37. The Hall–Kier alpha value is -1.97. The second-order valence-corrected chi connectivity index (χ2v) is 7.37. The van der Waals surface area contributed by atoms with E-state index in [1.54, 1.807) is 0 Å². The van der Waals surface area contributed by atoms with Crippen molar-refractivity contribution >= 4 is 17.7 Å². The quantitative estimate of drug-likeness (QED) is 0.615. The third-order valence-corrected chi connectivity index (χ3v) is 5.58. The fraction of sp³-hybridized carbons (Fsp3) is 0.722. The number of carbonyl (C=O) groups is 1. The predicted molar refractivity (Wildman–Crippen MR) is 98.3 cm³/mol. The summed E-state index contributed by atoms with van der Waals surface area (Å²) in [7, 11) is 1.37. The van der Waals surface area contributed by atoms with Crippen LogP contribution in [-0.4, -0.2) is 70.8 Å². The van der Waals surface area contributed by atoms with Gasteiger partial charge in [-0.25, -0.2) is 4.98 Å². The molecule has 0 radical (unpaired) electrons. The number of hydrogen-bond acceptors (Lipinski definition) is 9. The Kier molecular flexibility index (Phi) is 5.83. The van der Waals surface area contributed by atoms with E-state index in [2.05, 4.69) is 14.9 Å². The van der Waals surface area contributed by atoms with Gasteiger partial charge in [-0.3, -0.25) is 4.79 Å². The highest BCUT2D eigenvalue weighted by Crippen LogP contribution is 2.37. The molecule has 2 aliphatic heterocycles. The summed E-state index contributed by atoms with van der Waals surface area (Å²) in [5.41, 5.74) is 7.11. The SMILES string of the molecule is COC(=O)CCc1c(C)nc(N)nc1N1CCC2(CC1)C[C@@H](O)[C@@H](O)CO2. The van der Waals surface area contributed by atoms with Crippen LogP contribution in [0.3, 0.4) is 0 Å². The number of hydrogen-bond donors (Lipinski definition) is 3. The van der Waals surface area contributed by atoms with Crippen molar-refractivity contribution in [2.45, 2.75) is 56.8 Å². The van der Waals surface area contributed by atoms with Gasteiger partial charge in [0.2, 0.25) is 5.95 Å². The zero-order valence-corrected chi connectivity index (χ0v) is 15.8. The molecule has 4 N–H and O–H groups in total. The number of anilines is 2. The summed E-state index contributed by atoms with van der Waals surface area (Å²) in [6.07, 6.45) is 1.04. The Morgan fingerprint density at radius 3 is 2.67 bits per heavy atom. The molecule has 3 heterocycles. The van der Waals surface area contributed by atoms with Crippen LogP contribution >= 0.6 is 0 Å². The number of ether oxygens (including phenoxy) is 2. The minimum atomic E-state index is -0.817. The molecule has 2 saturated heterocycles. The van der Waals surface area contributed by atoms with Crippen LogP contribution in [0.25, 0.3) is 0 Å². The van der Waals surface area contributed by atoms with Crippen LogP contribution in [0.5, 0.6) is 0 Å². The number of methoxy groups -OCH3 is 1. The fourth-order valence-corrected chi connectivity index (χ4v) is 3.91. The largest absolute Gasteiger partial charge is 0.469 e. The molecule has 2 fully saturated rings. The minimum absolute atomic E-state index is 0.158. The zero-order chi connectivity index (χ0) is 19.6. The maximum Gasteiger partial charge on any atom is 0.305 e. The summed E-state index contributed by atoms with van der Waals surface area (Å²) < 4.78 is 10.6. The molecule has 27 heavy (non-hydrogen) atoms. The molecule has 2 aliphatic rings. The van der Waals surface area contributed by atoms with Crippen molar-refractivity contribution in [1.82, 2.24) is 9.97 Å². The van der Waals surface area contributed by atoms with E-state index in [0.717, 1.165) is 29.9 Å². The van der Waals surface area contributed by atoms with Crippen molar-refractivity contribution in [2.75, 3.05) is 37.4 Å². The van der Waals surface area contributed by atoms with Crippen molar-refractivity contribution in [3.05, 3.63) is 11.3 Å². The minimum Gasteiger partial charge on any atom is -0.469 e. The first kappa shape index (κ1) is 19.8. The number of aliphatic hydroxyl groups excluding tert-OH is 2. The maximum absolute atomic E-state index is 11.5. The summed E-state index contributed by atoms with van der Waals surface area (Å²) in [6.45, 7) is 3.39. The number of aromatic nitrogens is 2. The van der Waals surface area contributed by atoms with Crippen LogP contribution in [0, 0.1) is 6.92 Å². The van der Waals surface area contributed by atoms with Crippen molar-refractivity contribution in [3.63, 3.8) is 0 Å². The molecule has 1 spiro atoms. The predicted octanol–water partition coefficient (Wildman–Crippen LogP) is -0.0461. The standard InChI is InChI=1S/C18H28N4O5/c1-11-12(3-4-15(25)26-2)16(21-17(19)20-11)22-7-5-18(6-8-22)9-13(23)14(24)10-27-18/h13-14,23-24H,3-10H2,1-2H3,(H2,19,20,21)/t13-,14+/m1/s1. The lowest BCUT2D eigenvalue weighted by Gasteiger charge is -2.47. The Bertz CT molecular complexity index is 691. The lowest BCUT2D eigenvalue weighted by molar-refractivity contribution is -0.178. The molecular formula is C18H28N4O5. The Morgan fingerprint density at radius 2 is 2.04 bits per heavy atom. The monoisotopic (exact) mass is 380 g/mol. The third kappa shape index (κ3) is 4.31. The van der Waals surface area contributed by atoms with E-state index in [4.69, 9.17) is 15.2 Å². The lowest BCUT2D eigenvalue weighted by Crippen LogP contribution is -2.54. The van der Waals surface area contributed by atoms with Gasteiger partial charge < -0.3 is 30.3 Å². The third-order valence-electron chi connectivity index (χ3n) is 5.58. The molecule has 0 amide bonds. The number of carbonyl (C=O) groups excluding carboxylic acids is 1. The number of nitrogens with two attached hydrogens (primary N) is 1. The average Bonchev–Trinajstić information content (AvgIpc) is 2.64. The maximum atomic E-state index is 11.5. The van der Waals surface area contributed by atoms with Crippen molar-refractivity contribution < 1.29 is 24.5 Å². The number of rotatable bonds is 4. The Labute approximate surface area is 158 Å². The highest BCUT2D eigenvalue weighted by Gasteiger charge is 2.43. The van der Waals surface area contributed by atoms with Crippen LogP contribution in [0.15, 0.2) is 0 Å². The molecular weight excluding hydrogens is 352 g/mol. The van der Waals surface area contributed by atoms with Crippen molar-refractivity contribution in [3.8, 4) is 0 Å². The summed E-state index contributed by atoms with van der Waals surface area (Å²) in [5.74, 6) is 0.671. The van der Waals surface area contributed by atoms with Crippen molar-refractivity contribution in [1.29, 1.82) is 0 Å². The summed E-state index contributed by atoms with van der Waals surface area (Å²) in [6, 6.07) is 0. The van der Waals surface area contributed by atoms with Crippen LogP contribution < -0.4 is 10.6 Å². The molecule has 2 atom stereocenters. The van der Waals surface area contributed by atoms with Gasteiger partial charge in [0.15, 0.2) is 0 Å². The van der Waals surface area contributed by atoms with Gasteiger partial charge in [-0.05, 0) is 26.2 Å². The van der Waals surface area contributed by atoms with E-state index in [-0.39, 0.29) is 24.9 Å². The summed E-state index contributed by atoms with van der Waals surface area (Å²) in [4.78, 5) is 22.3. The second kappa shape index (κ2) is 7.95. The number of aliphatic hydroxyl groups is 2. The van der Waals surface area contributed by atoms with Gasteiger partial charge in [0.1, 0.15) is 11.9 Å². The number of nitrogens with zero attached hydrogens (tertiary/aromatic N) is 3. The average molecular weight is 380 g/mol. The van der Waals surface area contributed by atoms with Gasteiger partial charge in [0.05, 0.1) is 25.4 Å². The topological polar surface area (TPSA) is 131 Å². The van der Waals surface area contributed by atoms with Gasteiger partial charge in [-0.2, -0.15) is 4.98 Å². The van der Waals surface area contributed by atoms with E-state index in [1.807, 2.05) is 6.92 Å². The van der Waals surface area contributed by atoms with Crippen LogP contribution in [0.4, 0.5) is 11.8 Å². The molecule has 0 aliphatic carbocycles.